The molecule has 1 unspecified atom stereocenters. The van der Waals surface area contributed by atoms with Gasteiger partial charge in [-0.05, 0) is 13.8 Å². The molecule has 14 heavy (non-hydrogen) atoms. The van der Waals surface area contributed by atoms with Gasteiger partial charge in [-0.25, -0.2) is 4.79 Å². The van der Waals surface area contributed by atoms with E-state index in [0.717, 1.165) is 19.7 Å². The minimum Gasteiger partial charge on any atom is -0.478 e. The Hall–Kier alpha value is -0.870. The summed E-state index contributed by atoms with van der Waals surface area (Å²) in [4.78, 5) is 12.7. The van der Waals surface area contributed by atoms with Crippen LogP contribution in [0.4, 0.5) is 0 Å². The van der Waals surface area contributed by atoms with Crippen LogP contribution in [0.15, 0.2) is 11.6 Å². The van der Waals surface area contributed by atoms with E-state index >= 15 is 0 Å². The topological polar surface area (TPSA) is 49.8 Å². The first-order valence-electron chi connectivity index (χ1n) is 4.83. The Morgan fingerprint density at radius 1 is 1.71 bits per heavy atom. The lowest BCUT2D eigenvalue weighted by Gasteiger charge is -2.30. The average Bonchev–Trinajstić information content (AvgIpc) is 2.14. The second-order valence-corrected chi connectivity index (χ2v) is 3.63. The van der Waals surface area contributed by atoms with Gasteiger partial charge < -0.3 is 9.84 Å². The Morgan fingerprint density at radius 2 is 2.43 bits per heavy atom. The van der Waals surface area contributed by atoms with Crippen LogP contribution in [0.1, 0.15) is 13.8 Å². The molecule has 0 aromatic rings. The standard InChI is InChI=1S/C10H17NO3/c1-8(10(12)13)3-4-11-5-6-14-9(2)7-11/h3,9H,4-7H2,1-2H3,(H,12,13). The van der Waals surface area contributed by atoms with E-state index in [1.165, 1.54) is 0 Å². The van der Waals surface area contributed by atoms with Crippen LogP contribution in [0.3, 0.4) is 0 Å². The number of carboxylic acids is 1. The number of nitrogens with zero attached hydrogens (tertiary/aromatic N) is 1. The van der Waals surface area contributed by atoms with Crippen molar-refractivity contribution >= 4 is 5.97 Å². The molecular weight excluding hydrogens is 182 g/mol. The summed E-state index contributed by atoms with van der Waals surface area (Å²) in [5.74, 6) is -0.841. The van der Waals surface area contributed by atoms with Crippen LogP contribution in [0.2, 0.25) is 0 Å². The first-order chi connectivity index (χ1) is 6.59. The van der Waals surface area contributed by atoms with Crippen LogP contribution in [-0.4, -0.2) is 48.3 Å². The third-order valence-corrected chi connectivity index (χ3v) is 2.32. The third kappa shape index (κ3) is 3.47. The number of carboxylic acid groups (broad SMARTS) is 1. The summed E-state index contributed by atoms with van der Waals surface area (Å²) in [5.41, 5.74) is 0.407. The van der Waals surface area contributed by atoms with Crippen molar-refractivity contribution < 1.29 is 14.6 Å². The predicted molar refractivity (Wildman–Crippen MR) is 53.2 cm³/mol. The van der Waals surface area contributed by atoms with Crippen LogP contribution in [0.5, 0.6) is 0 Å². The molecule has 0 aromatic heterocycles. The number of carbonyl (C=O) groups is 1. The minimum atomic E-state index is -0.841. The zero-order valence-corrected chi connectivity index (χ0v) is 8.69. The van der Waals surface area contributed by atoms with Gasteiger partial charge in [-0.1, -0.05) is 6.08 Å². The molecule has 0 amide bonds. The highest BCUT2D eigenvalue weighted by atomic mass is 16.5. The molecule has 0 saturated carbocycles. The quantitative estimate of drug-likeness (QED) is 0.681. The van der Waals surface area contributed by atoms with Gasteiger partial charge in [0, 0.05) is 25.2 Å². The zero-order chi connectivity index (χ0) is 10.6. The molecule has 0 bridgehead atoms. The molecule has 80 valence electrons. The van der Waals surface area contributed by atoms with Crippen LogP contribution in [0, 0.1) is 0 Å². The maximum absolute atomic E-state index is 10.5. The summed E-state index contributed by atoms with van der Waals surface area (Å²) in [7, 11) is 0. The smallest absolute Gasteiger partial charge is 0.330 e. The normalized spacial score (nSPS) is 25.0. The summed E-state index contributed by atoms with van der Waals surface area (Å²) in [6.45, 7) is 6.84. The van der Waals surface area contributed by atoms with Crippen LogP contribution in [-0.2, 0) is 9.53 Å². The molecule has 1 atom stereocenters. The molecule has 0 aliphatic carbocycles. The van der Waals surface area contributed by atoms with Gasteiger partial charge in [0.25, 0.3) is 0 Å². The second-order valence-electron chi connectivity index (χ2n) is 3.63. The van der Waals surface area contributed by atoms with Gasteiger partial charge in [-0.2, -0.15) is 0 Å². The minimum absolute atomic E-state index is 0.252. The Balaban J connectivity index is 2.37. The SMILES string of the molecule is CC(=CCN1CCOC(C)C1)C(=O)O. The van der Waals surface area contributed by atoms with E-state index in [1.807, 2.05) is 6.92 Å². The van der Waals surface area contributed by atoms with Crippen molar-refractivity contribution in [2.45, 2.75) is 20.0 Å². The van der Waals surface area contributed by atoms with Gasteiger partial charge in [-0.3, -0.25) is 4.90 Å². The first-order valence-corrected chi connectivity index (χ1v) is 4.83. The van der Waals surface area contributed by atoms with E-state index in [9.17, 15) is 4.79 Å². The van der Waals surface area contributed by atoms with Crippen molar-refractivity contribution in [3.05, 3.63) is 11.6 Å². The largest absolute Gasteiger partial charge is 0.478 e. The van der Waals surface area contributed by atoms with Crippen molar-refractivity contribution in [1.82, 2.24) is 4.90 Å². The molecule has 1 heterocycles. The molecule has 0 radical (unpaired) electrons. The van der Waals surface area contributed by atoms with E-state index in [1.54, 1.807) is 13.0 Å². The molecule has 1 N–H and O–H groups in total. The maximum Gasteiger partial charge on any atom is 0.330 e. The number of hydrogen-bond acceptors (Lipinski definition) is 3. The number of rotatable bonds is 3. The fourth-order valence-electron chi connectivity index (χ4n) is 1.41. The Bertz CT molecular complexity index is 238. The lowest BCUT2D eigenvalue weighted by Crippen LogP contribution is -2.41. The van der Waals surface area contributed by atoms with Gasteiger partial charge in [0.05, 0.1) is 12.7 Å². The lowest BCUT2D eigenvalue weighted by molar-refractivity contribution is -0.132. The van der Waals surface area contributed by atoms with Gasteiger partial charge in [-0.15, -0.1) is 0 Å². The summed E-state index contributed by atoms with van der Waals surface area (Å²) in [6.07, 6.45) is 2.00. The Morgan fingerprint density at radius 3 is 3.00 bits per heavy atom. The molecule has 0 aromatic carbocycles. The van der Waals surface area contributed by atoms with Crippen molar-refractivity contribution in [3.8, 4) is 0 Å². The van der Waals surface area contributed by atoms with Gasteiger partial charge in [0.15, 0.2) is 0 Å². The molecule has 4 heteroatoms. The molecule has 1 rings (SSSR count). The summed E-state index contributed by atoms with van der Waals surface area (Å²) in [5, 5.41) is 8.65. The highest BCUT2D eigenvalue weighted by Gasteiger charge is 2.15. The van der Waals surface area contributed by atoms with Gasteiger partial charge in [0.2, 0.25) is 0 Å². The molecule has 0 spiro atoms. The van der Waals surface area contributed by atoms with Crippen molar-refractivity contribution in [1.29, 1.82) is 0 Å². The fraction of sp³-hybridized carbons (Fsp3) is 0.700. The molecule has 1 fully saturated rings. The summed E-state index contributed by atoms with van der Waals surface area (Å²) >= 11 is 0. The molecule has 4 nitrogen and oxygen atoms in total. The van der Waals surface area contributed by atoms with Crippen molar-refractivity contribution in [3.63, 3.8) is 0 Å². The van der Waals surface area contributed by atoms with E-state index in [-0.39, 0.29) is 6.10 Å². The molecule has 1 aliphatic rings. The van der Waals surface area contributed by atoms with E-state index in [0.29, 0.717) is 12.1 Å². The Kier molecular flexibility index (Phi) is 4.10. The van der Waals surface area contributed by atoms with Crippen molar-refractivity contribution in [2.24, 2.45) is 0 Å². The monoisotopic (exact) mass is 199 g/mol. The molecule has 1 aliphatic heterocycles. The number of ether oxygens (including phenoxy) is 1. The summed E-state index contributed by atoms with van der Waals surface area (Å²) < 4.78 is 5.38. The summed E-state index contributed by atoms with van der Waals surface area (Å²) in [6, 6.07) is 0. The van der Waals surface area contributed by atoms with Crippen molar-refractivity contribution in [2.75, 3.05) is 26.2 Å². The van der Waals surface area contributed by atoms with Gasteiger partial charge in [0.1, 0.15) is 0 Å². The highest BCUT2D eigenvalue weighted by molar-refractivity contribution is 5.85. The predicted octanol–water partition coefficient (Wildman–Crippen LogP) is 0.738. The third-order valence-electron chi connectivity index (χ3n) is 2.32. The van der Waals surface area contributed by atoms with Crippen LogP contribution < -0.4 is 0 Å². The molecular formula is C10H17NO3. The van der Waals surface area contributed by atoms with E-state index in [2.05, 4.69) is 4.90 Å². The number of morpholine rings is 1. The van der Waals surface area contributed by atoms with E-state index in [4.69, 9.17) is 9.84 Å². The first kappa shape index (κ1) is 11.2. The lowest BCUT2D eigenvalue weighted by atomic mass is 10.2. The zero-order valence-electron chi connectivity index (χ0n) is 8.69. The highest BCUT2D eigenvalue weighted by Crippen LogP contribution is 2.04. The van der Waals surface area contributed by atoms with Crippen LogP contribution >= 0.6 is 0 Å². The average molecular weight is 199 g/mol. The molecule has 1 saturated heterocycles. The van der Waals surface area contributed by atoms with Crippen LogP contribution in [0.25, 0.3) is 0 Å². The number of hydrogen-bond donors (Lipinski definition) is 1. The maximum atomic E-state index is 10.5. The fourth-order valence-corrected chi connectivity index (χ4v) is 1.41. The van der Waals surface area contributed by atoms with Gasteiger partial charge >= 0.3 is 5.97 Å². The second kappa shape index (κ2) is 5.12. The number of aliphatic carboxylic acids is 1. The Labute approximate surface area is 84.2 Å². The van der Waals surface area contributed by atoms with E-state index < -0.39 is 5.97 Å².